The van der Waals surface area contributed by atoms with Crippen LogP contribution in [0.1, 0.15) is 51.9 Å². The average Bonchev–Trinajstić information content (AvgIpc) is 2.16. The maximum atomic E-state index is 8.89. The third-order valence-electron chi connectivity index (χ3n) is 3.07. The fraction of sp³-hybridized carbons (Fsp3) is 1.00. The summed E-state index contributed by atoms with van der Waals surface area (Å²) in [7, 11) is 4.40. The van der Waals surface area contributed by atoms with Crippen LogP contribution < -0.4 is 17.0 Å². The van der Waals surface area contributed by atoms with E-state index in [9.17, 15) is 0 Å². The second kappa shape index (κ2) is 11.9. The molecule has 0 radical (unpaired) electrons. The molecule has 0 unspecified atom stereocenters. The molecule has 0 saturated heterocycles. The second-order valence-corrected chi connectivity index (χ2v) is 5.23. The summed E-state index contributed by atoms with van der Waals surface area (Å²) in [6.07, 6.45) is 9.59. The molecule has 0 aromatic rings. The van der Waals surface area contributed by atoms with Gasteiger partial charge in [0.1, 0.15) is 6.54 Å². The van der Waals surface area contributed by atoms with E-state index in [2.05, 4.69) is 21.0 Å². The Bertz CT molecular complexity index is 140. The number of aliphatic hydroxyl groups is 1. The van der Waals surface area contributed by atoms with Gasteiger partial charge >= 0.3 is 0 Å². The molecule has 100 valence electrons. The van der Waals surface area contributed by atoms with Crippen LogP contribution in [0.5, 0.6) is 0 Å². The molecule has 0 aliphatic rings. The van der Waals surface area contributed by atoms with Crippen molar-refractivity contribution in [3.63, 3.8) is 0 Å². The lowest BCUT2D eigenvalue weighted by atomic mass is 10.1. The number of quaternary nitrogens is 1. The Hall–Kier alpha value is 0.400. The molecule has 0 heterocycles. The number of rotatable bonds is 10. The second-order valence-electron chi connectivity index (χ2n) is 5.23. The predicted molar refractivity (Wildman–Crippen MR) is 66.9 cm³/mol. The molecule has 3 heteroatoms. The van der Waals surface area contributed by atoms with Crippen molar-refractivity contribution in [2.24, 2.45) is 0 Å². The Kier molecular flexibility index (Phi) is 13.9. The summed E-state index contributed by atoms with van der Waals surface area (Å²) in [6, 6.07) is 0. The van der Waals surface area contributed by atoms with Crippen molar-refractivity contribution in [1.82, 2.24) is 0 Å². The van der Waals surface area contributed by atoms with E-state index < -0.39 is 0 Å². The summed E-state index contributed by atoms with van der Waals surface area (Å²) >= 11 is 0. The van der Waals surface area contributed by atoms with Crippen LogP contribution in [0.2, 0.25) is 0 Å². The minimum Gasteiger partial charge on any atom is -1.00 e. The minimum atomic E-state index is 0. The SMILES string of the molecule is CCCCCCCCC[N+](C)(C)CCO.[Br-]. The molecule has 0 fully saturated rings. The van der Waals surface area contributed by atoms with Crippen LogP contribution >= 0.6 is 0 Å². The number of unbranched alkanes of at least 4 members (excludes halogenated alkanes) is 6. The molecule has 0 amide bonds. The van der Waals surface area contributed by atoms with E-state index in [1.165, 1.54) is 51.5 Å². The number of hydrogen-bond acceptors (Lipinski definition) is 1. The van der Waals surface area contributed by atoms with Gasteiger partial charge in [0.05, 0.1) is 27.2 Å². The Morgan fingerprint density at radius 1 is 0.812 bits per heavy atom. The topological polar surface area (TPSA) is 20.2 Å². The van der Waals surface area contributed by atoms with E-state index in [1.807, 2.05) is 0 Å². The zero-order chi connectivity index (χ0) is 11.6. The maximum Gasteiger partial charge on any atom is 0.102 e. The number of aliphatic hydroxyl groups excluding tert-OH is 1. The smallest absolute Gasteiger partial charge is 0.102 e. The Morgan fingerprint density at radius 3 is 1.81 bits per heavy atom. The molecule has 16 heavy (non-hydrogen) atoms. The van der Waals surface area contributed by atoms with Crippen molar-refractivity contribution < 1.29 is 26.6 Å². The third-order valence-corrected chi connectivity index (χ3v) is 3.07. The number of halogens is 1. The van der Waals surface area contributed by atoms with Gasteiger partial charge in [-0.05, 0) is 12.8 Å². The van der Waals surface area contributed by atoms with Gasteiger partial charge in [-0.2, -0.15) is 0 Å². The molecule has 0 aliphatic heterocycles. The molecule has 0 spiro atoms. The fourth-order valence-electron chi connectivity index (χ4n) is 1.88. The highest BCUT2D eigenvalue weighted by molar-refractivity contribution is 4.45. The summed E-state index contributed by atoms with van der Waals surface area (Å²) in [5.74, 6) is 0. The zero-order valence-corrected chi connectivity index (χ0v) is 12.9. The zero-order valence-electron chi connectivity index (χ0n) is 11.3. The molecule has 0 aromatic carbocycles. The highest BCUT2D eigenvalue weighted by Gasteiger charge is 2.12. The maximum absolute atomic E-state index is 8.89. The van der Waals surface area contributed by atoms with Gasteiger partial charge in [-0.25, -0.2) is 0 Å². The van der Waals surface area contributed by atoms with Crippen molar-refractivity contribution in [3.8, 4) is 0 Å². The standard InChI is InChI=1S/C13H30NO.BrH/c1-4-5-6-7-8-9-10-11-14(2,3)12-13-15;/h15H,4-13H2,1-3H3;1H/q+1;/p-1. The van der Waals surface area contributed by atoms with E-state index in [1.54, 1.807) is 0 Å². The highest BCUT2D eigenvalue weighted by Crippen LogP contribution is 2.08. The lowest BCUT2D eigenvalue weighted by Crippen LogP contribution is -3.00. The van der Waals surface area contributed by atoms with Crippen LogP contribution in [-0.4, -0.2) is 43.4 Å². The Morgan fingerprint density at radius 2 is 1.31 bits per heavy atom. The van der Waals surface area contributed by atoms with E-state index in [4.69, 9.17) is 5.11 Å². The fourth-order valence-corrected chi connectivity index (χ4v) is 1.88. The van der Waals surface area contributed by atoms with Crippen LogP contribution in [0.4, 0.5) is 0 Å². The molecule has 0 aromatic heterocycles. The van der Waals surface area contributed by atoms with Gasteiger partial charge < -0.3 is 26.6 Å². The third kappa shape index (κ3) is 12.5. The van der Waals surface area contributed by atoms with Gasteiger partial charge in [0.15, 0.2) is 0 Å². The van der Waals surface area contributed by atoms with Crippen molar-refractivity contribution >= 4 is 0 Å². The summed E-state index contributed by atoms with van der Waals surface area (Å²) in [4.78, 5) is 0. The first-order chi connectivity index (χ1) is 7.12. The summed E-state index contributed by atoms with van der Waals surface area (Å²) in [5, 5.41) is 8.89. The lowest BCUT2D eigenvalue weighted by Gasteiger charge is -2.28. The van der Waals surface area contributed by atoms with Crippen molar-refractivity contribution in [2.75, 3.05) is 33.8 Å². The number of hydrogen-bond donors (Lipinski definition) is 1. The first-order valence-electron chi connectivity index (χ1n) is 6.55. The van der Waals surface area contributed by atoms with Crippen molar-refractivity contribution in [3.05, 3.63) is 0 Å². The number of likely N-dealkylation sites (N-methyl/N-ethyl adjacent to an activating group) is 1. The minimum absolute atomic E-state index is 0. The van der Waals surface area contributed by atoms with E-state index >= 15 is 0 Å². The van der Waals surface area contributed by atoms with Crippen molar-refractivity contribution in [2.45, 2.75) is 51.9 Å². The van der Waals surface area contributed by atoms with Gasteiger partial charge in [-0.1, -0.05) is 39.0 Å². The molecular formula is C13H30BrNO. The Balaban J connectivity index is 0. The molecule has 0 bridgehead atoms. The highest BCUT2D eigenvalue weighted by atomic mass is 79.9. The molecule has 1 N–H and O–H groups in total. The van der Waals surface area contributed by atoms with Crippen LogP contribution in [0.15, 0.2) is 0 Å². The van der Waals surface area contributed by atoms with Gasteiger partial charge in [0, 0.05) is 0 Å². The molecular weight excluding hydrogens is 266 g/mol. The average molecular weight is 296 g/mol. The monoisotopic (exact) mass is 295 g/mol. The van der Waals surface area contributed by atoms with Crippen molar-refractivity contribution in [1.29, 1.82) is 0 Å². The first kappa shape index (κ1) is 18.8. The normalized spacial score (nSPS) is 11.2. The molecule has 2 nitrogen and oxygen atoms in total. The summed E-state index contributed by atoms with van der Waals surface area (Å²) in [5.41, 5.74) is 0. The van der Waals surface area contributed by atoms with E-state index in [-0.39, 0.29) is 17.0 Å². The van der Waals surface area contributed by atoms with Gasteiger partial charge in [0.25, 0.3) is 0 Å². The molecule has 0 atom stereocenters. The largest absolute Gasteiger partial charge is 1.00 e. The molecule has 0 rings (SSSR count). The van der Waals surface area contributed by atoms with E-state index in [0.717, 1.165) is 11.0 Å². The van der Waals surface area contributed by atoms with Gasteiger partial charge in [-0.3, -0.25) is 0 Å². The first-order valence-corrected chi connectivity index (χ1v) is 6.55. The Labute approximate surface area is 112 Å². The lowest BCUT2D eigenvalue weighted by molar-refractivity contribution is -0.890. The molecule has 0 aliphatic carbocycles. The van der Waals surface area contributed by atoms with Gasteiger partial charge in [-0.15, -0.1) is 0 Å². The van der Waals surface area contributed by atoms with Crippen LogP contribution in [0, 0.1) is 0 Å². The molecule has 0 saturated carbocycles. The predicted octanol–water partition coefficient (Wildman–Crippen LogP) is -0.190. The summed E-state index contributed by atoms with van der Waals surface area (Å²) in [6.45, 7) is 4.66. The van der Waals surface area contributed by atoms with Gasteiger partial charge in [0.2, 0.25) is 0 Å². The number of nitrogens with zero attached hydrogens (tertiary/aromatic N) is 1. The summed E-state index contributed by atoms with van der Waals surface area (Å²) < 4.78 is 0.964. The van der Waals surface area contributed by atoms with Crippen LogP contribution in [-0.2, 0) is 0 Å². The van der Waals surface area contributed by atoms with Crippen LogP contribution in [0.3, 0.4) is 0 Å². The van der Waals surface area contributed by atoms with E-state index in [0.29, 0.717) is 6.61 Å². The quantitative estimate of drug-likeness (QED) is 0.438. The van der Waals surface area contributed by atoms with Crippen LogP contribution in [0.25, 0.3) is 0 Å².